The van der Waals surface area contributed by atoms with E-state index >= 15 is 0 Å². The summed E-state index contributed by atoms with van der Waals surface area (Å²) in [5, 5.41) is 0. The first-order chi connectivity index (χ1) is 12.4. The molecule has 0 saturated carbocycles. The number of carbonyl (C=O) groups is 1. The number of amides is 1. The number of anilines is 1. The van der Waals surface area contributed by atoms with Gasteiger partial charge in [0, 0.05) is 18.2 Å². The molecule has 3 rings (SSSR count). The van der Waals surface area contributed by atoms with Crippen molar-refractivity contribution >= 4 is 11.9 Å². The predicted molar refractivity (Wildman–Crippen MR) is 102 cm³/mol. The fourth-order valence-corrected chi connectivity index (χ4v) is 3.61. The lowest BCUT2D eigenvalue weighted by Crippen LogP contribution is -2.39. The fraction of sp³-hybridized carbons (Fsp3) is 0.700. The highest BCUT2D eigenvalue weighted by molar-refractivity contribution is 5.68. The molecule has 1 saturated heterocycles. The molecule has 3 heterocycles. The molecule has 2 aliphatic heterocycles. The molecule has 0 spiro atoms. The summed E-state index contributed by atoms with van der Waals surface area (Å²) in [5.41, 5.74) is 0.431. The summed E-state index contributed by atoms with van der Waals surface area (Å²) < 4.78 is 11.4. The number of hydrogen-bond acceptors (Lipinski definition) is 5. The van der Waals surface area contributed by atoms with Gasteiger partial charge in [-0.3, -0.25) is 0 Å². The van der Waals surface area contributed by atoms with Crippen LogP contribution in [0.1, 0.15) is 58.9 Å². The highest BCUT2D eigenvalue weighted by atomic mass is 16.6. The van der Waals surface area contributed by atoms with Gasteiger partial charge in [0.1, 0.15) is 18.0 Å². The van der Waals surface area contributed by atoms with Crippen LogP contribution in [0.4, 0.5) is 10.6 Å². The van der Waals surface area contributed by atoms with Gasteiger partial charge < -0.3 is 19.3 Å². The molecule has 1 unspecified atom stereocenters. The third-order valence-electron chi connectivity index (χ3n) is 4.93. The van der Waals surface area contributed by atoms with Crippen molar-refractivity contribution in [1.29, 1.82) is 0 Å². The van der Waals surface area contributed by atoms with Gasteiger partial charge in [-0.25, -0.2) is 4.79 Å². The summed E-state index contributed by atoms with van der Waals surface area (Å²) >= 11 is 0. The lowest BCUT2D eigenvalue weighted by molar-refractivity contribution is 0.0225. The maximum atomic E-state index is 12.4. The molecule has 2 aliphatic rings. The van der Waals surface area contributed by atoms with Gasteiger partial charge in [-0.15, -0.1) is 0 Å². The Bertz CT molecular complexity index is 642. The van der Waals surface area contributed by atoms with Crippen molar-refractivity contribution in [1.82, 2.24) is 9.88 Å². The number of fused-ring (bicyclic) bond motifs is 1. The van der Waals surface area contributed by atoms with Gasteiger partial charge >= 0.3 is 6.09 Å². The molecule has 6 nitrogen and oxygen atoms in total. The van der Waals surface area contributed by atoms with Crippen LogP contribution in [0.5, 0.6) is 5.88 Å². The number of ether oxygens (including phenoxy) is 2. The minimum Gasteiger partial charge on any atom is -0.475 e. The highest BCUT2D eigenvalue weighted by Gasteiger charge is 2.27. The van der Waals surface area contributed by atoms with E-state index in [-0.39, 0.29) is 6.09 Å². The highest BCUT2D eigenvalue weighted by Crippen LogP contribution is 2.29. The molecule has 1 fully saturated rings. The van der Waals surface area contributed by atoms with E-state index in [1.54, 1.807) is 4.90 Å². The Morgan fingerprint density at radius 2 is 2.12 bits per heavy atom. The molecule has 0 aliphatic carbocycles. The topological polar surface area (TPSA) is 54.9 Å². The average molecular weight is 361 g/mol. The summed E-state index contributed by atoms with van der Waals surface area (Å²) in [4.78, 5) is 21.3. The van der Waals surface area contributed by atoms with Crippen LogP contribution < -0.4 is 9.64 Å². The Kier molecular flexibility index (Phi) is 5.58. The van der Waals surface area contributed by atoms with Gasteiger partial charge in [0.15, 0.2) is 0 Å². The molecule has 144 valence electrons. The smallest absolute Gasteiger partial charge is 0.410 e. The van der Waals surface area contributed by atoms with Gasteiger partial charge in [-0.2, -0.15) is 4.98 Å². The zero-order valence-corrected chi connectivity index (χ0v) is 16.5. The van der Waals surface area contributed by atoms with Crippen molar-refractivity contribution in [3.8, 4) is 5.88 Å². The second-order valence-electron chi connectivity index (χ2n) is 8.14. The molecule has 0 bridgehead atoms. The predicted octanol–water partition coefficient (Wildman–Crippen LogP) is 3.98. The Hall–Kier alpha value is -1.98. The standard InChI is InChI=1S/C20H31N3O3/c1-5-16-8-6-7-11-23(16)17-10-9-15-14-22(12-13-25-18(15)21-17)19(24)26-20(2,3)4/h9-10,16H,5-8,11-14H2,1-4H3. The van der Waals surface area contributed by atoms with E-state index < -0.39 is 5.60 Å². The van der Waals surface area contributed by atoms with Crippen molar-refractivity contribution in [3.63, 3.8) is 0 Å². The first-order valence-corrected chi connectivity index (χ1v) is 9.74. The van der Waals surface area contributed by atoms with Crippen molar-refractivity contribution in [3.05, 3.63) is 17.7 Å². The van der Waals surface area contributed by atoms with Gasteiger partial charge in [0.25, 0.3) is 0 Å². The van der Waals surface area contributed by atoms with E-state index in [1.165, 1.54) is 19.3 Å². The van der Waals surface area contributed by atoms with Crippen LogP contribution in [0.15, 0.2) is 12.1 Å². The van der Waals surface area contributed by atoms with Crippen molar-refractivity contribution < 1.29 is 14.3 Å². The van der Waals surface area contributed by atoms with Crippen LogP contribution in [0, 0.1) is 0 Å². The van der Waals surface area contributed by atoms with Crippen LogP contribution in [0.25, 0.3) is 0 Å². The summed E-state index contributed by atoms with van der Waals surface area (Å²) in [5.74, 6) is 1.63. The van der Waals surface area contributed by atoms with Crippen molar-refractivity contribution in [2.24, 2.45) is 0 Å². The monoisotopic (exact) mass is 361 g/mol. The van der Waals surface area contributed by atoms with Crippen molar-refractivity contribution in [2.45, 2.75) is 71.6 Å². The van der Waals surface area contributed by atoms with E-state index in [1.807, 2.05) is 26.8 Å². The third kappa shape index (κ3) is 4.40. The molecule has 1 amide bonds. The van der Waals surface area contributed by atoms with Crippen LogP contribution >= 0.6 is 0 Å². The first kappa shape index (κ1) is 18.8. The number of pyridine rings is 1. The van der Waals surface area contributed by atoms with E-state index in [4.69, 9.17) is 14.5 Å². The molecular weight excluding hydrogens is 330 g/mol. The van der Waals surface area contributed by atoms with Gasteiger partial charge in [0.05, 0.1) is 13.1 Å². The number of piperidine rings is 1. The van der Waals surface area contributed by atoms with Crippen molar-refractivity contribution in [2.75, 3.05) is 24.6 Å². The molecule has 26 heavy (non-hydrogen) atoms. The Morgan fingerprint density at radius 1 is 1.31 bits per heavy atom. The number of aromatic nitrogens is 1. The lowest BCUT2D eigenvalue weighted by atomic mass is 10.00. The minimum atomic E-state index is -0.501. The summed E-state index contributed by atoms with van der Waals surface area (Å²) in [6.45, 7) is 10.3. The number of carbonyl (C=O) groups excluding carboxylic acids is 1. The molecule has 1 aromatic heterocycles. The molecule has 0 radical (unpaired) electrons. The van der Waals surface area contributed by atoms with Crippen LogP contribution in [0.3, 0.4) is 0 Å². The Morgan fingerprint density at radius 3 is 2.85 bits per heavy atom. The van der Waals surface area contributed by atoms with Gasteiger partial charge in [-0.05, 0) is 58.6 Å². The van der Waals surface area contributed by atoms with E-state index in [2.05, 4.69) is 17.9 Å². The molecule has 0 aromatic carbocycles. The lowest BCUT2D eigenvalue weighted by Gasteiger charge is -2.36. The average Bonchev–Trinajstić information content (AvgIpc) is 2.82. The fourth-order valence-electron chi connectivity index (χ4n) is 3.61. The Labute approximate surface area is 156 Å². The largest absolute Gasteiger partial charge is 0.475 e. The van der Waals surface area contributed by atoms with E-state index in [0.29, 0.717) is 31.6 Å². The molecular formula is C20H31N3O3. The molecule has 6 heteroatoms. The Balaban J connectivity index is 1.76. The van der Waals surface area contributed by atoms with E-state index in [0.717, 1.165) is 24.3 Å². The normalized spacial score (nSPS) is 20.8. The summed E-state index contributed by atoms with van der Waals surface area (Å²) in [6, 6.07) is 4.66. The van der Waals surface area contributed by atoms with Crippen LogP contribution in [-0.2, 0) is 11.3 Å². The first-order valence-electron chi connectivity index (χ1n) is 9.74. The molecule has 0 N–H and O–H groups in total. The molecule has 1 atom stereocenters. The van der Waals surface area contributed by atoms with Crippen LogP contribution in [0.2, 0.25) is 0 Å². The second-order valence-corrected chi connectivity index (χ2v) is 8.14. The third-order valence-corrected chi connectivity index (χ3v) is 4.93. The number of nitrogens with zero attached hydrogens (tertiary/aromatic N) is 3. The maximum absolute atomic E-state index is 12.4. The maximum Gasteiger partial charge on any atom is 0.410 e. The summed E-state index contributed by atoms with van der Waals surface area (Å²) in [6.07, 6.45) is 4.55. The second kappa shape index (κ2) is 7.72. The number of rotatable bonds is 2. The SMILES string of the molecule is CCC1CCCCN1c1ccc2c(n1)OCCN(C(=O)OC(C)(C)C)C2. The quantitative estimate of drug-likeness (QED) is 0.797. The zero-order chi connectivity index (χ0) is 18.7. The van der Waals surface area contributed by atoms with E-state index in [9.17, 15) is 4.79 Å². The minimum absolute atomic E-state index is 0.305. The van der Waals surface area contributed by atoms with Gasteiger partial charge in [0.2, 0.25) is 5.88 Å². The van der Waals surface area contributed by atoms with Crippen LogP contribution in [-0.4, -0.2) is 47.3 Å². The van der Waals surface area contributed by atoms with Gasteiger partial charge in [-0.1, -0.05) is 6.92 Å². The molecule has 1 aromatic rings. The zero-order valence-electron chi connectivity index (χ0n) is 16.5. The number of hydrogen-bond donors (Lipinski definition) is 0. The summed E-state index contributed by atoms with van der Waals surface area (Å²) in [7, 11) is 0.